The van der Waals surface area contributed by atoms with Crippen LogP contribution < -0.4 is 10.6 Å². The van der Waals surface area contributed by atoms with E-state index < -0.39 is 20.7 Å². The fourth-order valence-electron chi connectivity index (χ4n) is 1.25. The maximum Gasteiger partial charge on any atom is 0.256 e. The fraction of sp³-hybridized carbons (Fsp3) is 0.333. The Morgan fingerprint density at radius 2 is 1.94 bits per heavy atom. The summed E-state index contributed by atoms with van der Waals surface area (Å²) in [5.74, 6) is -0.788. The third-order valence-corrected chi connectivity index (χ3v) is 3.32. The Kier molecular flexibility index (Phi) is 3.51. The van der Waals surface area contributed by atoms with Crippen molar-refractivity contribution < 1.29 is 12.8 Å². The number of hydrazine groups is 1. The Bertz CT molecular complexity index is 500. The molecule has 0 amide bonds. The van der Waals surface area contributed by atoms with Crippen molar-refractivity contribution in [1.82, 2.24) is 9.84 Å². The molecule has 1 aromatic carbocycles. The van der Waals surface area contributed by atoms with E-state index in [1.54, 1.807) is 0 Å². The largest absolute Gasteiger partial charge is 0.399 e. The summed E-state index contributed by atoms with van der Waals surface area (Å²) in [6, 6.07) is 2.47. The van der Waals surface area contributed by atoms with Gasteiger partial charge in [-0.05, 0) is 24.6 Å². The number of nitrogens with one attached hydrogen (secondary N) is 1. The quantitative estimate of drug-likeness (QED) is 0.601. The van der Waals surface area contributed by atoms with Gasteiger partial charge < -0.3 is 5.73 Å². The van der Waals surface area contributed by atoms with Crippen molar-refractivity contribution in [3.63, 3.8) is 0 Å². The van der Waals surface area contributed by atoms with Gasteiger partial charge in [0.1, 0.15) is 10.7 Å². The van der Waals surface area contributed by atoms with Crippen LogP contribution in [0.2, 0.25) is 0 Å². The van der Waals surface area contributed by atoms with Gasteiger partial charge >= 0.3 is 0 Å². The standard InChI is InChI=1S/C9H14FN3O2S/c1-6-4-7(11)5-8(9(6)10)16(14,15)12-13(2)3/h4-5,12H,11H2,1-3H3. The van der Waals surface area contributed by atoms with Crippen molar-refractivity contribution in [2.24, 2.45) is 0 Å². The van der Waals surface area contributed by atoms with Gasteiger partial charge in [0.05, 0.1) is 0 Å². The molecule has 90 valence electrons. The Hall–Kier alpha value is -1.18. The van der Waals surface area contributed by atoms with E-state index in [9.17, 15) is 12.8 Å². The first-order chi connectivity index (χ1) is 7.24. The summed E-state index contributed by atoms with van der Waals surface area (Å²) >= 11 is 0. The van der Waals surface area contributed by atoms with Gasteiger partial charge in [0.25, 0.3) is 10.0 Å². The first-order valence-electron chi connectivity index (χ1n) is 4.49. The van der Waals surface area contributed by atoms with Crippen LogP contribution in [-0.4, -0.2) is 27.5 Å². The SMILES string of the molecule is Cc1cc(N)cc(S(=O)(=O)NN(C)C)c1F. The van der Waals surface area contributed by atoms with E-state index in [2.05, 4.69) is 4.83 Å². The molecule has 0 saturated carbocycles. The third-order valence-electron chi connectivity index (χ3n) is 1.84. The average molecular weight is 247 g/mol. The maximum absolute atomic E-state index is 13.6. The molecule has 1 rings (SSSR count). The topological polar surface area (TPSA) is 75.4 Å². The highest BCUT2D eigenvalue weighted by Crippen LogP contribution is 2.21. The second-order valence-electron chi connectivity index (χ2n) is 3.64. The van der Waals surface area contributed by atoms with Crippen molar-refractivity contribution in [2.45, 2.75) is 11.8 Å². The van der Waals surface area contributed by atoms with Gasteiger partial charge in [-0.25, -0.2) is 17.8 Å². The lowest BCUT2D eigenvalue weighted by Gasteiger charge is -2.14. The molecular weight excluding hydrogens is 233 g/mol. The summed E-state index contributed by atoms with van der Waals surface area (Å²) in [7, 11) is -0.925. The zero-order valence-electron chi connectivity index (χ0n) is 9.28. The predicted molar refractivity (Wildman–Crippen MR) is 59.6 cm³/mol. The number of sulfonamides is 1. The van der Waals surface area contributed by atoms with Crippen LogP contribution in [0.15, 0.2) is 17.0 Å². The molecule has 0 bridgehead atoms. The first kappa shape index (κ1) is 12.9. The van der Waals surface area contributed by atoms with Crippen molar-refractivity contribution in [2.75, 3.05) is 19.8 Å². The van der Waals surface area contributed by atoms with Gasteiger partial charge in [0.15, 0.2) is 0 Å². The Labute approximate surface area is 94.1 Å². The number of hydrogen-bond acceptors (Lipinski definition) is 4. The van der Waals surface area contributed by atoms with Crippen molar-refractivity contribution in [3.8, 4) is 0 Å². The molecule has 0 unspecified atom stereocenters. The molecule has 5 nitrogen and oxygen atoms in total. The number of rotatable bonds is 3. The number of anilines is 1. The Morgan fingerprint density at radius 1 is 1.38 bits per heavy atom. The molecule has 0 aliphatic heterocycles. The maximum atomic E-state index is 13.6. The van der Waals surface area contributed by atoms with Gasteiger partial charge in [0, 0.05) is 19.8 Å². The lowest BCUT2D eigenvalue weighted by atomic mass is 10.2. The summed E-state index contributed by atoms with van der Waals surface area (Å²) in [5, 5.41) is 1.22. The van der Waals surface area contributed by atoms with E-state index >= 15 is 0 Å². The van der Waals surface area contributed by atoms with Crippen LogP contribution in [0.5, 0.6) is 0 Å². The van der Waals surface area contributed by atoms with Gasteiger partial charge in [-0.2, -0.15) is 0 Å². The second-order valence-corrected chi connectivity index (χ2v) is 5.27. The smallest absolute Gasteiger partial charge is 0.256 e. The van der Waals surface area contributed by atoms with E-state index in [-0.39, 0.29) is 11.3 Å². The number of aryl methyl sites for hydroxylation is 1. The first-order valence-corrected chi connectivity index (χ1v) is 5.98. The van der Waals surface area contributed by atoms with E-state index in [1.807, 2.05) is 0 Å². The molecule has 1 aromatic rings. The minimum absolute atomic E-state index is 0.194. The van der Waals surface area contributed by atoms with Crippen molar-refractivity contribution in [1.29, 1.82) is 0 Å². The van der Waals surface area contributed by atoms with Crippen LogP contribution in [0, 0.1) is 12.7 Å². The number of hydrogen-bond donors (Lipinski definition) is 2. The number of nitrogens with zero attached hydrogens (tertiary/aromatic N) is 1. The van der Waals surface area contributed by atoms with Gasteiger partial charge in [-0.15, -0.1) is 4.83 Å². The van der Waals surface area contributed by atoms with E-state index in [1.165, 1.54) is 32.1 Å². The molecule has 0 aromatic heterocycles. The van der Waals surface area contributed by atoms with Crippen LogP contribution in [0.3, 0.4) is 0 Å². The molecule has 0 spiro atoms. The molecular formula is C9H14FN3O2S. The highest BCUT2D eigenvalue weighted by atomic mass is 32.2. The monoisotopic (exact) mass is 247 g/mol. The molecule has 0 aliphatic carbocycles. The predicted octanol–water partition coefficient (Wildman–Crippen LogP) is 0.471. The van der Waals surface area contributed by atoms with Crippen LogP contribution in [-0.2, 0) is 10.0 Å². The van der Waals surface area contributed by atoms with Crippen LogP contribution in [0.25, 0.3) is 0 Å². The van der Waals surface area contributed by atoms with Crippen LogP contribution in [0.1, 0.15) is 5.56 Å². The van der Waals surface area contributed by atoms with Crippen LogP contribution >= 0.6 is 0 Å². The number of benzene rings is 1. The summed E-state index contributed by atoms with van der Waals surface area (Å²) in [4.78, 5) is 1.70. The molecule has 0 radical (unpaired) electrons. The lowest BCUT2D eigenvalue weighted by Crippen LogP contribution is -2.36. The zero-order valence-corrected chi connectivity index (χ0v) is 10.1. The van der Waals surface area contributed by atoms with Crippen LogP contribution in [0.4, 0.5) is 10.1 Å². The highest BCUT2D eigenvalue weighted by molar-refractivity contribution is 7.89. The van der Waals surface area contributed by atoms with E-state index in [0.717, 1.165) is 6.07 Å². The highest BCUT2D eigenvalue weighted by Gasteiger charge is 2.21. The Balaban J connectivity index is 3.33. The molecule has 0 saturated heterocycles. The number of halogens is 1. The molecule has 3 N–H and O–H groups in total. The van der Waals surface area contributed by atoms with Crippen molar-refractivity contribution in [3.05, 3.63) is 23.5 Å². The number of nitrogens with two attached hydrogens (primary N) is 1. The molecule has 7 heteroatoms. The molecule has 16 heavy (non-hydrogen) atoms. The van der Waals surface area contributed by atoms with E-state index in [0.29, 0.717) is 0 Å². The summed E-state index contributed by atoms with van der Waals surface area (Å²) in [6.07, 6.45) is 0. The van der Waals surface area contributed by atoms with Gasteiger partial charge in [-0.1, -0.05) is 0 Å². The molecule has 0 atom stereocenters. The third kappa shape index (κ3) is 2.69. The zero-order chi connectivity index (χ0) is 12.5. The Morgan fingerprint density at radius 3 is 2.44 bits per heavy atom. The number of nitrogen functional groups attached to an aromatic ring is 1. The molecule has 0 heterocycles. The van der Waals surface area contributed by atoms with E-state index in [4.69, 9.17) is 5.73 Å². The normalized spacial score (nSPS) is 12.1. The average Bonchev–Trinajstić information content (AvgIpc) is 2.08. The summed E-state index contributed by atoms with van der Waals surface area (Å²) < 4.78 is 37.1. The summed E-state index contributed by atoms with van der Waals surface area (Å²) in [5.41, 5.74) is 5.88. The molecule has 0 aliphatic rings. The van der Waals surface area contributed by atoms with Gasteiger partial charge in [-0.3, -0.25) is 0 Å². The van der Waals surface area contributed by atoms with Gasteiger partial charge in [0.2, 0.25) is 0 Å². The minimum Gasteiger partial charge on any atom is -0.399 e. The van der Waals surface area contributed by atoms with Crippen molar-refractivity contribution >= 4 is 15.7 Å². The second kappa shape index (κ2) is 4.36. The minimum atomic E-state index is -3.91. The summed E-state index contributed by atoms with van der Waals surface area (Å²) in [6.45, 7) is 1.46. The molecule has 0 fully saturated rings. The fourth-order valence-corrected chi connectivity index (χ4v) is 2.52. The lowest BCUT2D eigenvalue weighted by molar-refractivity contribution is 0.362.